The molecule has 29 heavy (non-hydrogen) atoms. The maximum Gasteiger partial charge on any atom is 0.293 e. The van der Waals surface area contributed by atoms with E-state index in [9.17, 15) is 18.5 Å². The lowest BCUT2D eigenvalue weighted by atomic mass is 10.1. The number of unbranched alkanes of at least 4 members (excludes halogenated alkanes) is 5. The Balaban J connectivity index is 0.00000784. The van der Waals surface area contributed by atoms with Gasteiger partial charge in [-0.25, -0.2) is 8.42 Å². The van der Waals surface area contributed by atoms with Crippen molar-refractivity contribution >= 4 is 51.1 Å². The van der Waals surface area contributed by atoms with E-state index in [4.69, 9.17) is 5.73 Å². The van der Waals surface area contributed by atoms with Gasteiger partial charge >= 0.3 is 0 Å². The van der Waals surface area contributed by atoms with Gasteiger partial charge in [0.2, 0.25) is 0 Å². The summed E-state index contributed by atoms with van der Waals surface area (Å²) >= 11 is 0. The van der Waals surface area contributed by atoms with Crippen LogP contribution in [-0.4, -0.2) is 45.2 Å². The summed E-state index contributed by atoms with van der Waals surface area (Å²) in [6, 6.07) is 3.79. The monoisotopic (exact) mass is 541 g/mol. The third-order valence-corrected chi connectivity index (χ3v) is 5.24. The van der Waals surface area contributed by atoms with Crippen molar-refractivity contribution in [1.29, 1.82) is 0 Å². The van der Waals surface area contributed by atoms with Crippen LogP contribution in [0.15, 0.2) is 28.1 Å². The zero-order chi connectivity index (χ0) is 21.0. The summed E-state index contributed by atoms with van der Waals surface area (Å²) in [6.07, 6.45) is 8.14. The lowest BCUT2D eigenvalue weighted by Gasteiger charge is -2.10. The molecular weight excluding hydrogens is 509 g/mol. The molecule has 0 aliphatic heterocycles. The summed E-state index contributed by atoms with van der Waals surface area (Å²) in [5.41, 5.74) is 5.76. The maximum atomic E-state index is 11.5. The second-order valence-corrected chi connectivity index (χ2v) is 8.61. The molecule has 0 radical (unpaired) electrons. The first-order valence-corrected chi connectivity index (χ1v) is 11.4. The summed E-state index contributed by atoms with van der Waals surface area (Å²) in [5, 5.41) is 17.1. The van der Waals surface area contributed by atoms with E-state index in [-0.39, 0.29) is 40.2 Å². The summed E-state index contributed by atoms with van der Waals surface area (Å²) in [5.74, 6) is 0.345. The van der Waals surface area contributed by atoms with Gasteiger partial charge in [-0.2, -0.15) is 0 Å². The lowest BCUT2D eigenvalue weighted by molar-refractivity contribution is -0.384. The second-order valence-electron chi connectivity index (χ2n) is 6.60. The van der Waals surface area contributed by atoms with E-state index in [0.29, 0.717) is 25.6 Å². The molecule has 0 atom stereocenters. The Morgan fingerprint density at radius 2 is 1.83 bits per heavy atom. The van der Waals surface area contributed by atoms with E-state index in [0.717, 1.165) is 25.2 Å². The Labute approximate surface area is 190 Å². The van der Waals surface area contributed by atoms with Gasteiger partial charge in [0.05, 0.1) is 9.82 Å². The average Bonchev–Trinajstić information content (AvgIpc) is 2.63. The van der Waals surface area contributed by atoms with Crippen LogP contribution in [-0.2, 0) is 9.84 Å². The highest BCUT2D eigenvalue weighted by Gasteiger charge is 2.18. The minimum absolute atomic E-state index is 0. The SMILES string of the molecule is CCCCCCCCN=C(N)NCCNc1ccc(S(C)(=O)=O)cc1[N+](=O)[O-].I. The molecule has 0 bridgehead atoms. The largest absolute Gasteiger partial charge is 0.378 e. The molecular formula is C18H32IN5O4S. The topological polar surface area (TPSA) is 140 Å². The van der Waals surface area contributed by atoms with E-state index >= 15 is 0 Å². The number of hydrogen-bond acceptors (Lipinski definition) is 6. The minimum atomic E-state index is -3.51. The zero-order valence-corrected chi connectivity index (χ0v) is 20.2. The highest BCUT2D eigenvalue weighted by atomic mass is 127. The van der Waals surface area contributed by atoms with Crippen LogP contribution >= 0.6 is 24.0 Å². The van der Waals surface area contributed by atoms with Crippen molar-refractivity contribution in [3.63, 3.8) is 0 Å². The first-order chi connectivity index (χ1) is 13.3. The number of nitro groups is 1. The van der Waals surface area contributed by atoms with Gasteiger partial charge in [0.25, 0.3) is 5.69 Å². The Morgan fingerprint density at radius 1 is 1.17 bits per heavy atom. The Hall–Kier alpha value is -1.63. The average molecular weight is 541 g/mol. The van der Waals surface area contributed by atoms with Crippen molar-refractivity contribution in [1.82, 2.24) is 5.32 Å². The summed E-state index contributed by atoms with van der Waals surface area (Å²) < 4.78 is 23.1. The fraction of sp³-hybridized carbons (Fsp3) is 0.611. The molecule has 0 aliphatic carbocycles. The van der Waals surface area contributed by atoms with Gasteiger partial charge in [-0.05, 0) is 18.6 Å². The molecule has 11 heteroatoms. The van der Waals surface area contributed by atoms with E-state index in [1.54, 1.807) is 0 Å². The number of hydrogen-bond donors (Lipinski definition) is 3. The Kier molecular flexibility index (Phi) is 13.6. The molecule has 0 amide bonds. The van der Waals surface area contributed by atoms with Crippen LogP contribution in [0.25, 0.3) is 0 Å². The molecule has 0 aliphatic rings. The van der Waals surface area contributed by atoms with Gasteiger partial charge in [0.15, 0.2) is 15.8 Å². The maximum absolute atomic E-state index is 11.5. The number of nitrogens with zero attached hydrogens (tertiary/aromatic N) is 2. The molecule has 0 unspecified atom stereocenters. The standard InChI is InChI=1S/C18H31N5O4S.HI/c1-3-4-5-6-7-8-11-21-18(19)22-13-12-20-16-10-9-15(28(2,26)27)14-17(16)23(24)25;/h9-10,14,20H,3-8,11-13H2,1-2H3,(H3,19,21,22);1H. The van der Waals surface area contributed by atoms with Crippen LogP contribution in [0, 0.1) is 10.1 Å². The van der Waals surface area contributed by atoms with Crippen molar-refractivity contribution in [3.8, 4) is 0 Å². The number of anilines is 1. The van der Waals surface area contributed by atoms with Gasteiger partial charge in [-0.1, -0.05) is 39.0 Å². The lowest BCUT2D eigenvalue weighted by Crippen LogP contribution is -2.35. The first-order valence-electron chi connectivity index (χ1n) is 9.52. The molecule has 0 saturated heterocycles. The molecule has 1 rings (SSSR count). The van der Waals surface area contributed by atoms with Crippen molar-refractivity contribution in [2.45, 2.75) is 50.3 Å². The van der Waals surface area contributed by atoms with Gasteiger partial charge in [0.1, 0.15) is 5.69 Å². The number of aliphatic imine (C=N–C) groups is 1. The van der Waals surface area contributed by atoms with Crippen LogP contribution in [0.3, 0.4) is 0 Å². The number of nitrogens with one attached hydrogen (secondary N) is 2. The fourth-order valence-electron chi connectivity index (χ4n) is 2.58. The highest BCUT2D eigenvalue weighted by Crippen LogP contribution is 2.27. The molecule has 1 aromatic carbocycles. The van der Waals surface area contributed by atoms with E-state index in [1.807, 2.05) is 0 Å². The van der Waals surface area contributed by atoms with Gasteiger partial charge in [-0.15, -0.1) is 24.0 Å². The second kappa shape index (κ2) is 14.4. The van der Waals surface area contributed by atoms with Gasteiger partial charge in [-0.3, -0.25) is 15.1 Å². The minimum Gasteiger partial charge on any atom is -0.378 e. The normalized spacial score (nSPS) is 11.6. The number of halogens is 1. The molecule has 0 heterocycles. The van der Waals surface area contributed by atoms with Crippen LogP contribution in [0.2, 0.25) is 0 Å². The molecule has 166 valence electrons. The third kappa shape index (κ3) is 11.2. The van der Waals surface area contributed by atoms with Crippen molar-refractivity contribution in [2.75, 3.05) is 31.2 Å². The predicted octanol–water partition coefficient (Wildman–Crippen LogP) is 3.29. The van der Waals surface area contributed by atoms with Crippen molar-refractivity contribution in [3.05, 3.63) is 28.3 Å². The summed E-state index contributed by atoms with van der Waals surface area (Å²) in [6.45, 7) is 3.66. The number of guanidine groups is 1. The number of sulfone groups is 1. The number of rotatable bonds is 13. The molecule has 0 aromatic heterocycles. The molecule has 0 spiro atoms. The quantitative estimate of drug-likeness (QED) is 0.0870. The van der Waals surface area contributed by atoms with Crippen LogP contribution in [0.1, 0.15) is 45.4 Å². The predicted molar refractivity (Wildman–Crippen MR) is 128 cm³/mol. The fourth-order valence-corrected chi connectivity index (χ4v) is 3.22. The summed E-state index contributed by atoms with van der Waals surface area (Å²) in [7, 11) is -3.51. The van der Waals surface area contributed by atoms with Gasteiger partial charge < -0.3 is 16.4 Å². The van der Waals surface area contributed by atoms with Crippen LogP contribution < -0.4 is 16.4 Å². The molecule has 0 saturated carbocycles. The molecule has 4 N–H and O–H groups in total. The third-order valence-electron chi connectivity index (χ3n) is 4.13. The van der Waals surface area contributed by atoms with E-state index < -0.39 is 14.8 Å². The Bertz CT molecular complexity index is 772. The van der Waals surface area contributed by atoms with E-state index in [2.05, 4.69) is 22.5 Å². The van der Waals surface area contributed by atoms with Crippen molar-refractivity contribution < 1.29 is 13.3 Å². The van der Waals surface area contributed by atoms with Crippen LogP contribution in [0.4, 0.5) is 11.4 Å². The van der Waals surface area contributed by atoms with E-state index in [1.165, 1.54) is 37.8 Å². The number of benzene rings is 1. The number of nitrogens with two attached hydrogens (primary N) is 1. The summed E-state index contributed by atoms with van der Waals surface area (Å²) in [4.78, 5) is 14.7. The first kappa shape index (κ1) is 27.4. The van der Waals surface area contributed by atoms with Crippen LogP contribution in [0.5, 0.6) is 0 Å². The number of nitro benzene ring substituents is 1. The molecule has 9 nitrogen and oxygen atoms in total. The smallest absolute Gasteiger partial charge is 0.293 e. The molecule has 1 aromatic rings. The van der Waals surface area contributed by atoms with Crippen molar-refractivity contribution in [2.24, 2.45) is 10.7 Å². The highest BCUT2D eigenvalue weighted by molar-refractivity contribution is 14.0. The van der Waals surface area contributed by atoms with Gasteiger partial charge in [0, 0.05) is 32.0 Å². The zero-order valence-electron chi connectivity index (χ0n) is 17.0. The Morgan fingerprint density at radius 3 is 2.45 bits per heavy atom. The molecule has 0 fully saturated rings.